The molecule has 0 amide bonds. The van der Waals surface area contributed by atoms with Crippen LogP contribution >= 0.6 is 11.3 Å². The summed E-state index contributed by atoms with van der Waals surface area (Å²) in [7, 11) is -0.445. The van der Waals surface area contributed by atoms with Crippen molar-refractivity contribution in [2.45, 2.75) is 38.3 Å². The molecule has 154 valence electrons. The molecule has 0 radical (unpaired) electrons. The highest BCUT2D eigenvalue weighted by atomic mass is 32.2. The Morgan fingerprint density at radius 1 is 1.18 bits per heavy atom. The smallest absolute Gasteiger partial charge is 0.301 e. The van der Waals surface area contributed by atoms with Gasteiger partial charge in [-0.15, -0.1) is 0 Å². The molecule has 0 aliphatic carbocycles. The Morgan fingerprint density at radius 3 is 2.43 bits per heavy atom. The first-order valence-corrected chi connectivity index (χ1v) is 12.0. The van der Waals surface area contributed by atoms with E-state index in [9.17, 15) is 8.42 Å². The molecule has 1 unspecified atom stereocenters. The zero-order valence-corrected chi connectivity index (χ0v) is 18.4. The minimum atomic E-state index is -3.46. The van der Waals surface area contributed by atoms with Crippen molar-refractivity contribution in [2.75, 3.05) is 36.8 Å². The molecular weight excluding hydrogens is 392 g/mol. The van der Waals surface area contributed by atoms with Crippen molar-refractivity contribution in [2.24, 2.45) is 0 Å². The van der Waals surface area contributed by atoms with Crippen LogP contribution in [0, 0.1) is 0 Å². The van der Waals surface area contributed by atoms with Crippen LogP contribution in [0.5, 0.6) is 0 Å². The summed E-state index contributed by atoms with van der Waals surface area (Å²) in [6.45, 7) is 4.27. The average molecular weight is 423 g/mol. The Morgan fingerprint density at radius 2 is 1.86 bits per heavy atom. The molecular formula is C20H30N4O2S2. The molecule has 1 fully saturated rings. The highest BCUT2D eigenvalue weighted by molar-refractivity contribution is 7.90. The lowest BCUT2D eigenvalue weighted by Gasteiger charge is -2.35. The molecule has 0 saturated carbocycles. The van der Waals surface area contributed by atoms with Crippen molar-refractivity contribution in [3.8, 4) is 0 Å². The Bertz CT molecular complexity index is 828. The van der Waals surface area contributed by atoms with E-state index in [4.69, 9.17) is 0 Å². The van der Waals surface area contributed by atoms with Gasteiger partial charge in [0.25, 0.3) is 0 Å². The van der Waals surface area contributed by atoms with Crippen LogP contribution in [0.4, 0.5) is 11.4 Å². The second kappa shape index (κ2) is 9.26. The molecule has 2 aromatic rings. The number of hydrogen-bond acceptors (Lipinski definition) is 5. The number of anilines is 2. The minimum absolute atomic E-state index is 0.482. The van der Waals surface area contributed by atoms with Crippen molar-refractivity contribution in [3.05, 3.63) is 46.7 Å². The van der Waals surface area contributed by atoms with Crippen LogP contribution in [0.25, 0.3) is 0 Å². The van der Waals surface area contributed by atoms with Crippen LogP contribution in [0.3, 0.4) is 0 Å². The van der Waals surface area contributed by atoms with E-state index in [1.54, 1.807) is 11.3 Å². The van der Waals surface area contributed by atoms with Gasteiger partial charge in [0.1, 0.15) is 0 Å². The summed E-state index contributed by atoms with van der Waals surface area (Å²) in [5.41, 5.74) is 3.13. The number of piperidine rings is 1. The molecule has 1 aliphatic heterocycles. The summed E-state index contributed by atoms with van der Waals surface area (Å²) in [5, 5.41) is 8.13. The quantitative estimate of drug-likeness (QED) is 0.686. The summed E-state index contributed by atoms with van der Waals surface area (Å²) in [6, 6.07) is 10.9. The zero-order chi connectivity index (χ0) is 20.1. The molecule has 3 rings (SSSR count). The molecule has 2 heterocycles. The number of hydrogen-bond donors (Lipinski definition) is 2. The van der Waals surface area contributed by atoms with E-state index in [0.717, 1.165) is 42.3 Å². The summed E-state index contributed by atoms with van der Waals surface area (Å²) in [5.74, 6) is 0. The summed E-state index contributed by atoms with van der Waals surface area (Å²) >= 11 is 1.76. The van der Waals surface area contributed by atoms with Gasteiger partial charge >= 0.3 is 10.2 Å². The lowest BCUT2D eigenvalue weighted by Crippen LogP contribution is -2.46. The van der Waals surface area contributed by atoms with Crippen molar-refractivity contribution in [3.63, 3.8) is 0 Å². The highest BCUT2D eigenvalue weighted by Crippen LogP contribution is 2.23. The van der Waals surface area contributed by atoms with Gasteiger partial charge in [0.2, 0.25) is 0 Å². The molecule has 6 nitrogen and oxygen atoms in total. The maximum absolute atomic E-state index is 11.9. The first kappa shape index (κ1) is 21.1. The zero-order valence-electron chi connectivity index (χ0n) is 16.8. The molecule has 1 aromatic carbocycles. The number of rotatable bonds is 8. The van der Waals surface area contributed by atoms with Crippen LogP contribution in [0.2, 0.25) is 0 Å². The fourth-order valence-electron chi connectivity index (χ4n) is 3.51. The Labute approximate surface area is 172 Å². The van der Waals surface area contributed by atoms with Gasteiger partial charge in [0, 0.05) is 50.6 Å². The first-order chi connectivity index (χ1) is 13.3. The van der Waals surface area contributed by atoms with Crippen LogP contribution in [0.15, 0.2) is 41.1 Å². The first-order valence-electron chi connectivity index (χ1n) is 9.66. The molecule has 28 heavy (non-hydrogen) atoms. The third kappa shape index (κ3) is 5.70. The predicted octanol–water partition coefficient (Wildman–Crippen LogP) is 3.16. The van der Waals surface area contributed by atoms with Gasteiger partial charge in [-0.25, -0.2) is 0 Å². The molecule has 1 aromatic heterocycles. The molecule has 0 bridgehead atoms. The second-order valence-electron chi connectivity index (χ2n) is 7.60. The lowest BCUT2D eigenvalue weighted by atomic mass is 10.0. The van der Waals surface area contributed by atoms with E-state index in [1.807, 2.05) is 24.3 Å². The maximum Gasteiger partial charge on any atom is 0.301 e. The number of thiophene rings is 1. The van der Waals surface area contributed by atoms with E-state index >= 15 is 0 Å². The van der Waals surface area contributed by atoms with Crippen molar-refractivity contribution < 1.29 is 8.42 Å². The van der Waals surface area contributed by atoms with Gasteiger partial charge < -0.3 is 10.2 Å². The third-order valence-electron chi connectivity index (χ3n) is 5.10. The van der Waals surface area contributed by atoms with Crippen molar-refractivity contribution in [1.82, 2.24) is 9.62 Å². The summed E-state index contributed by atoms with van der Waals surface area (Å²) in [4.78, 5) is 2.37. The summed E-state index contributed by atoms with van der Waals surface area (Å²) < 4.78 is 27.5. The largest absolute Gasteiger partial charge is 0.371 e. The van der Waals surface area contributed by atoms with Gasteiger partial charge in [-0.05, 0) is 72.8 Å². The van der Waals surface area contributed by atoms with Crippen LogP contribution < -0.4 is 14.9 Å². The Balaban J connectivity index is 1.48. The SMILES string of the molecule is CC(Cc1ccsc1)NC1CCN(c2ccc(NS(=O)(=O)N(C)C)cc2)CC1. The van der Waals surface area contributed by atoms with Gasteiger partial charge in [0.05, 0.1) is 0 Å². The number of nitrogens with zero attached hydrogens (tertiary/aromatic N) is 2. The Kier molecular flexibility index (Phi) is 6.98. The van der Waals surface area contributed by atoms with Gasteiger partial charge in [-0.2, -0.15) is 24.1 Å². The van der Waals surface area contributed by atoms with Crippen molar-refractivity contribution >= 4 is 32.9 Å². The lowest BCUT2D eigenvalue weighted by molar-refractivity contribution is 0.375. The van der Waals surface area contributed by atoms with E-state index < -0.39 is 10.2 Å². The van der Waals surface area contributed by atoms with Gasteiger partial charge in [0.15, 0.2) is 0 Å². The Hall–Kier alpha value is -1.61. The van der Waals surface area contributed by atoms with Crippen LogP contribution in [-0.2, 0) is 16.6 Å². The summed E-state index contributed by atoms with van der Waals surface area (Å²) in [6.07, 6.45) is 3.31. The van der Waals surface area contributed by atoms with Crippen molar-refractivity contribution in [1.29, 1.82) is 0 Å². The third-order valence-corrected chi connectivity index (χ3v) is 7.28. The fraction of sp³-hybridized carbons (Fsp3) is 0.500. The standard InChI is InChI=1S/C20H30N4O2S2/c1-16(14-17-10-13-27-15-17)21-18-8-11-24(12-9-18)20-6-4-19(5-7-20)22-28(25,26)23(2)3/h4-7,10,13,15-16,18,21-22H,8-9,11-12,14H2,1-3H3. The average Bonchev–Trinajstić information content (AvgIpc) is 3.15. The number of benzene rings is 1. The van der Waals surface area contributed by atoms with E-state index in [1.165, 1.54) is 19.7 Å². The second-order valence-corrected chi connectivity index (χ2v) is 10.3. The van der Waals surface area contributed by atoms with Crippen LogP contribution in [0.1, 0.15) is 25.3 Å². The number of nitrogens with one attached hydrogen (secondary N) is 2. The maximum atomic E-state index is 11.9. The minimum Gasteiger partial charge on any atom is -0.371 e. The topological polar surface area (TPSA) is 64.7 Å². The predicted molar refractivity (Wildman–Crippen MR) is 119 cm³/mol. The highest BCUT2D eigenvalue weighted by Gasteiger charge is 2.21. The molecule has 1 aliphatic rings. The molecule has 8 heteroatoms. The van der Waals surface area contributed by atoms with Gasteiger partial charge in [-0.1, -0.05) is 0 Å². The van der Waals surface area contributed by atoms with Gasteiger partial charge in [-0.3, -0.25) is 4.72 Å². The molecule has 1 atom stereocenters. The fourth-order valence-corrected chi connectivity index (χ4v) is 4.81. The van der Waals surface area contributed by atoms with Crippen LogP contribution in [-0.4, -0.2) is 52.0 Å². The molecule has 0 spiro atoms. The molecule has 1 saturated heterocycles. The van der Waals surface area contributed by atoms with E-state index in [-0.39, 0.29) is 0 Å². The molecule has 2 N–H and O–H groups in total. The normalized spacial score (nSPS) is 17.1. The van der Waals surface area contributed by atoms with E-state index in [2.05, 4.69) is 38.7 Å². The van der Waals surface area contributed by atoms with E-state index in [0.29, 0.717) is 17.8 Å². The monoisotopic (exact) mass is 422 g/mol.